The van der Waals surface area contributed by atoms with Crippen LogP contribution in [0.25, 0.3) is 11.3 Å². The van der Waals surface area contributed by atoms with Crippen LogP contribution in [0.4, 0.5) is 9.02 Å². The molecule has 1 amide bonds. The van der Waals surface area contributed by atoms with Crippen LogP contribution in [0.2, 0.25) is 0 Å². The Morgan fingerprint density at radius 3 is 2.67 bits per heavy atom. The molecule has 0 saturated carbocycles. The van der Waals surface area contributed by atoms with E-state index < -0.39 is 21.9 Å². The Kier molecular flexibility index (Phi) is 4.76. The maximum atomic E-state index is 12.8. The molecule has 1 aromatic carbocycles. The molecule has 1 saturated heterocycles. The summed E-state index contributed by atoms with van der Waals surface area (Å²) >= 11 is 4.76. The van der Waals surface area contributed by atoms with Gasteiger partial charge in [-0.15, -0.1) is 15.2 Å². The first-order valence-corrected chi connectivity index (χ1v) is 10.4. The first-order valence-electron chi connectivity index (χ1n) is 7.19. The highest BCUT2D eigenvalue weighted by Crippen LogP contribution is 2.35. The van der Waals surface area contributed by atoms with Gasteiger partial charge in [-0.25, -0.2) is 4.98 Å². The summed E-state index contributed by atoms with van der Waals surface area (Å²) in [6.07, 6.45) is 0.0232. The fraction of sp³-hybridized carbons (Fsp3) is 0.333. The minimum absolute atomic E-state index is 0.0232. The maximum Gasteiger partial charge on any atom is 0.302 e. The second-order valence-corrected chi connectivity index (χ2v) is 9.20. The van der Waals surface area contributed by atoms with Gasteiger partial charge in [0, 0.05) is 33.8 Å². The molecule has 1 aliphatic heterocycles. The van der Waals surface area contributed by atoms with E-state index in [0.717, 1.165) is 20.6 Å². The molecule has 1 unspecified atom stereocenters. The average Bonchev–Trinajstić information content (AvgIpc) is 3.01. The zero-order valence-corrected chi connectivity index (χ0v) is 15.9. The van der Waals surface area contributed by atoms with Gasteiger partial charge in [-0.3, -0.25) is 9.69 Å². The number of hydrogen-bond donors (Lipinski definition) is 0. The number of aryl methyl sites for hydroxylation is 1. The van der Waals surface area contributed by atoms with Gasteiger partial charge in [-0.05, 0) is 19.1 Å². The minimum Gasteiger partial charge on any atom is -0.288 e. The van der Waals surface area contributed by atoms with Crippen molar-refractivity contribution in [3.05, 3.63) is 33.6 Å². The van der Waals surface area contributed by atoms with E-state index in [2.05, 4.69) is 20.9 Å². The lowest BCUT2D eigenvalue weighted by Crippen LogP contribution is -2.25. The summed E-state index contributed by atoms with van der Waals surface area (Å²) in [5.41, 5.74) is 1.73. The SMILES string of the molecule is Cc1sc(N2CC(CS(=O)(=O)F)CC2=O)nc1-c1ccc(Br)cc1. The Bertz CT molecular complexity index is 881. The molecule has 2 heterocycles. The van der Waals surface area contributed by atoms with E-state index >= 15 is 0 Å². The van der Waals surface area contributed by atoms with Gasteiger partial charge < -0.3 is 0 Å². The monoisotopic (exact) mass is 432 g/mol. The number of aromatic nitrogens is 1. The fourth-order valence-corrected chi connectivity index (χ4v) is 4.74. The van der Waals surface area contributed by atoms with Crippen LogP contribution in [-0.2, 0) is 15.0 Å². The van der Waals surface area contributed by atoms with Gasteiger partial charge in [0.05, 0.1) is 11.4 Å². The van der Waals surface area contributed by atoms with E-state index in [9.17, 15) is 17.1 Å². The quantitative estimate of drug-likeness (QED) is 0.692. The molecule has 1 atom stereocenters. The number of anilines is 1. The summed E-state index contributed by atoms with van der Waals surface area (Å²) < 4.78 is 35.4. The molecule has 3 rings (SSSR count). The zero-order chi connectivity index (χ0) is 17.5. The van der Waals surface area contributed by atoms with Crippen molar-refractivity contribution in [3.8, 4) is 11.3 Å². The summed E-state index contributed by atoms with van der Waals surface area (Å²) in [4.78, 5) is 19.1. The van der Waals surface area contributed by atoms with Crippen LogP contribution in [0.3, 0.4) is 0 Å². The highest BCUT2D eigenvalue weighted by molar-refractivity contribution is 9.10. The highest BCUT2D eigenvalue weighted by Gasteiger charge is 2.35. The molecule has 1 aromatic heterocycles. The number of thiazole rings is 1. The number of nitrogens with zero attached hydrogens (tertiary/aromatic N) is 2. The molecule has 1 aliphatic rings. The van der Waals surface area contributed by atoms with Crippen molar-refractivity contribution < 1.29 is 17.1 Å². The number of hydrogen-bond acceptors (Lipinski definition) is 5. The van der Waals surface area contributed by atoms with Crippen LogP contribution in [0, 0.1) is 12.8 Å². The van der Waals surface area contributed by atoms with Gasteiger partial charge in [-0.1, -0.05) is 28.1 Å². The zero-order valence-electron chi connectivity index (χ0n) is 12.7. The third-order valence-electron chi connectivity index (χ3n) is 3.77. The van der Waals surface area contributed by atoms with Crippen molar-refractivity contribution >= 4 is 48.5 Å². The van der Waals surface area contributed by atoms with E-state index in [1.807, 2.05) is 31.2 Å². The largest absolute Gasteiger partial charge is 0.302 e. The maximum absolute atomic E-state index is 12.8. The first-order chi connectivity index (χ1) is 11.2. The molecule has 0 aliphatic carbocycles. The molecule has 1 fully saturated rings. The topological polar surface area (TPSA) is 67.3 Å². The molecule has 2 aromatic rings. The molecule has 0 spiro atoms. The van der Waals surface area contributed by atoms with Crippen molar-refractivity contribution in [2.24, 2.45) is 5.92 Å². The Balaban J connectivity index is 1.84. The van der Waals surface area contributed by atoms with Gasteiger partial charge in [0.2, 0.25) is 5.91 Å². The summed E-state index contributed by atoms with van der Waals surface area (Å²) in [7, 11) is -4.59. The Labute approximate surface area is 151 Å². The van der Waals surface area contributed by atoms with E-state index in [4.69, 9.17) is 0 Å². The lowest BCUT2D eigenvalue weighted by Gasteiger charge is -2.12. The summed E-state index contributed by atoms with van der Waals surface area (Å²) in [6.45, 7) is 2.09. The number of carbonyl (C=O) groups is 1. The van der Waals surface area contributed by atoms with Crippen LogP contribution in [0.15, 0.2) is 28.7 Å². The summed E-state index contributed by atoms with van der Waals surface area (Å²) in [6, 6.07) is 7.69. The first kappa shape index (κ1) is 17.5. The lowest BCUT2D eigenvalue weighted by molar-refractivity contribution is -0.117. The van der Waals surface area contributed by atoms with E-state index in [1.54, 1.807) is 0 Å². The summed E-state index contributed by atoms with van der Waals surface area (Å²) in [5.74, 6) is -1.38. The fourth-order valence-electron chi connectivity index (χ4n) is 2.73. The molecular formula is C15H14BrFN2O3S2. The standard InChI is InChI=1S/C15H14BrFN2O3S2/c1-9-14(11-2-4-12(16)5-3-11)18-15(23-9)19-7-10(6-13(19)20)8-24(17,21)22/h2-5,10H,6-8H2,1H3. The lowest BCUT2D eigenvalue weighted by atomic mass is 10.1. The molecule has 24 heavy (non-hydrogen) atoms. The number of halogens is 2. The second-order valence-electron chi connectivity index (χ2n) is 5.69. The smallest absolute Gasteiger partial charge is 0.288 e. The van der Waals surface area contributed by atoms with Crippen LogP contribution < -0.4 is 4.90 Å². The summed E-state index contributed by atoms with van der Waals surface area (Å²) in [5, 5.41) is 0.522. The van der Waals surface area contributed by atoms with Crippen molar-refractivity contribution in [2.45, 2.75) is 13.3 Å². The normalized spacial score (nSPS) is 18.4. The van der Waals surface area contributed by atoms with Crippen LogP contribution in [0.5, 0.6) is 0 Å². The van der Waals surface area contributed by atoms with Gasteiger partial charge in [0.1, 0.15) is 0 Å². The third-order valence-corrected chi connectivity index (χ3v) is 6.17. The number of rotatable bonds is 4. The molecule has 5 nitrogen and oxygen atoms in total. The Hall–Kier alpha value is -1.32. The average molecular weight is 433 g/mol. The van der Waals surface area contributed by atoms with E-state index in [-0.39, 0.29) is 18.9 Å². The van der Waals surface area contributed by atoms with E-state index in [1.165, 1.54) is 16.2 Å². The molecular weight excluding hydrogens is 419 g/mol. The Morgan fingerprint density at radius 1 is 1.38 bits per heavy atom. The van der Waals surface area contributed by atoms with Gasteiger partial charge in [-0.2, -0.15) is 8.42 Å². The van der Waals surface area contributed by atoms with Crippen molar-refractivity contribution in [3.63, 3.8) is 0 Å². The molecule has 128 valence electrons. The van der Waals surface area contributed by atoms with Gasteiger partial charge >= 0.3 is 10.2 Å². The van der Waals surface area contributed by atoms with Crippen LogP contribution in [-0.4, -0.2) is 31.6 Å². The van der Waals surface area contributed by atoms with Crippen LogP contribution in [0.1, 0.15) is 11.3 Å². The van der Waals surface area contributed by atoms with Gasteiger partial charge in [0.15, 0.2) is 5.13 Å². The van der Waals surface area contributed by atoms with E-state index in [0.29, 0.717) is 5.13 Å². The third kappa shape index (κ3) is 3.84. The predicted molar refractivity (Wildman–Crippen MR) is 95.3 cm³/mol. The molecule has 0 bridgehead atoms. The second kappa shape index (κ2) is 6.53. The predicted octanol–water partition coefficient (Wildman–Crippen LogP) is 3.53. The number of amides is 1. The number of carbonyl (C=O) groups excluding carboxylic acids is 1. The van der Waals surface area contributed by atoms with Crippen molar-refractivity contribution in [1.82, 2.24) is 4.98 Å². The molecule has 0 N–H and O–H groups in total. The van der Waals surface area contributed by atoms with Gasteiger partial charge in [0.25, 0.3) is 0 Å². The minimum atomic E-state index is -4.59. The van der Waals surface area contributed by atoms with Crippen LogP contribution >= 0.6 is 27.3 Å². The Morgan fingerprint density at radius 2 is 2.04 bits per heavy atom. The van der Waals surface area contributed by atoms with Crippen molar-refractivity contribution in [1.29, 1.82) is 0 Å². The highest BCUT2D eigenvalue weighted by atomic mass is 79.9. The molecule has 0 radical (unpaired) electrons. The molecule has 9 heteroatoms. The number of benzene rings is 1. The van der Waals surface area contributed by atoms with Crippen molar-refractivity contribution in [2.75, 3.05) is 17.2 Å².